The first-order valence-electron chi connectivity index (χ1n) is 9.14. The Labute approximate surface area is 180 Å². The molecule has 30 heavy (non-hydrogen) atoms. The van der Waals surface area contributed by atoms with E-state index in [0.29, 0.717) is 18.8 Å². The predicted molar refractivity (Wildman–Crippen MR) is 118 cm³/mol. The number of rotatable bonds is 9. The average Bonchev–Trinajstić information content (AvgIpc) is 3.21. The number of methoxy groups -OCH3 is 1. The van der Waals surface area contributed by atoms with Gasteiger partial charge in [-0.3, -0.25) is 9.69 Å². The molecule has 3 rings (SSSR count). The normalized spacial score (nSPS) is 11.4. The van der Waals surface area contributed by atoms with E-state index in [9.17, 15) is 13.2 Å². The highest BCUT2D eigenvalue weighted by Crippen LogP contribution is 2.21. The molecule has 9 heteroatoms. The Morgan fingerprint density at radius 3 is 2.43 bits per heavy atom. The number of thiophene rings is 1. The molecular formula is C21H23N3O4S2. The van der Waals surface area contributed by atoms with Gasteiger partial charge in [0.25, 0.3) is 0 Å². The van der Waals surface area contributed by atoms with Crippen molar-refractivity contribution in [2.45, 2.75) is 18.0 Å². The van der Waals surface area contributed by atoms with Crippen LogP contribution in [0.2, 0.25) is 0 Å². The van der Waals surface area contributed by atoms with Gasteiger partial charge in [-0.05, 0) is 41.8 Å². The first-order chi connectivity index (χ1) is 14.3. The topological polar surface area (TPSA) is 102 Å². The molecule has 0 aliphatic heterocycles. The van der Waals surface area contributed by atoms with Crippen LogP contribution in [0.1, 0.15) is 10.4 Å². The van der Waals surface area contributed by atoms with E-state index in [1.807, 2.05) is 46.7 Å². The number of primary sulfonamides is 1. The number of nitrogens with zero attached hydrogens (tertiary/aromatic N) is 1. The number of amides is 1. The van der Waals surface area contributed by atoms with Crippen LogP contribution in [0.25, 0.3) is 0 Å². The van der Waals surface area contributed by atoms with Crippen LogP contribution in [-0.2, 0) is 27.9 Å². The van der Waals surface area contributed by atoms with Crippen molar-refractivity contribution in [3.05, 3.63) is 76.5 Å². The van der Waals surface area contributed by atoms with E-state index < -0.39 is 10.0 Å². The molecule has 1 heterocycles. The molecule has 0 bridgehead atoms. The van der Waals surface area contributed by atoms with Crippen molar-refractivity contribution in [1.29, 1.82) is 0 Å². The second-order valence-corrected chi connectivity index (χ2v) is 9.25. The van der Waals surface area contributed by atoms with Gasteiger partial charge in [0, 0.05) is 29.2 Å². The molecule has 3 aromatic rings. The number of hydrogen-bond donors (Lipinski definition) is 2. The lowest BCUT2D eigenvalue weighted by atomic mass is 10.2. The monoisotopic (exact) mass is 445 g/mol. The van der Waals surface area contributed by atoms with Gasteiger partial charge in [-0.25, -0.2) is 13.6 Å². The van der Waals surface area contributed by atoms with Crippen molar-refractivity contribution < 1.29 is 17.9 Å². The van der Waals surface area contributed by atoms with Gasteiger partial charge in [-0.2, -0.15) is 0 Å². The number of para-hydroxylation sites is 1. The highest BCUT2D eigenvalue weighted by Gasteiger charge is 2.15. The van der Waals surface area contributed by atoms with E-state index in [-0.39, 0.29) is 17.3 Å². The number of anilines is 1. The van der Waals surface area contributed by atoms with Crippen LogP contribution in [-0.4, -0.2) is 32.9 Å². The number of ether oxygens (including phenoxy) is 1. The fourth-order valence-electron chi connectivity index (χ4n) is 3.00. The average molecular weight is 446 g/mol. The maximum Gasteiger partial charge on any atom is 0.238 e. The summed E-state index contributed by atoms with van der Waals surface area (Å²) in [5, 5.41) is 9.91. The summed E-state index contributed by atoms with van der Waals surface area (Å²) in [7, 11) is -2.14. The van der Waals surface area contributed by atoms with E-state index in [1.165, 1.54) is 24.3 Å². The Balaban J connectivity index is 1.71. The number of nitrogens with two attached hydrogens (primary N) is 1. The van der Waals surface area contributed by atoms with Gasteiger partial charge in [0.05, 0.1) is 18.6 Å². The zero-order valence-electron chi connectivity index (χ0n) is 16.4. The van der Waals surface area contributed by atoms with Gasteiger partial charge in [-0.15, -0.1) is 11.3 Å². The van der Waals surface area contributed by atoms with Gasteiger partial charge >= 0.3 is 0 Å². The van der Waals surface area contributed by atoms with Gasteiger partial charge < -0.3 is 10.1 Å². The third kappa shape index (κ3) is 6.14. The maximum atomic E-state index is 12.7. The number of hydrogen-bond acceptors (Lipinski definition) is 6. The van der Waals surface area contributed by atoms with E-state index in [0.717, 1.165) is 16.2 Å². The summed E-state index contributed by atoms with van der Waals surface area (Å²) in [6, 6.07) is 17.5. The van der Waals surface area contributed by atoms with E-state index in [2.05, 4.69) is 5.32 Å². The third-order valence-corrected chi connectivity index (χ3v) is 6.17. The first-order valence-corrected chi connectivity index (χ1v) is 11.6. The molecule has 0 unspecified atom stereocenters. The number of carbonyl (C=O) groups is 1. The molecule has 0 spiro atoms. The van der Waals surface area contributed by atoms with Gasteiger partial charge in [-0.1, -0.05) is 24.3 Å². The summed E-state index contributed by atoms with van der Waals surface area (Å²) >= 11 is 1.63. The molecule has 0 saturated heterocycles. The van der Waals surface area contributed by atoms with E-state index >= 15 is 0 Å². The Morgan fingerprint density at radius 1 is 1.07 bits per heavy atom. The van der Waals surface area contributed by atoms with Crippen molar-refractivity contribution >= 4 is 33.0 Å². The molecule has 0 aliphatic carbocycles. The van der Waals surface area contributed by atoms with Crippen molar-refractivity contribution in [2.24, 2.45) is 5.14 Å². The number of carbonyl (C=O) groups excluding carboxylic acids is 1. The molecule has 3 N–H and O–H groups in total. The van der Waals surface area contributed by atoms with Crippen LogP contribution in [0.3, 0.4) is 0 Å². The minimum absolute atomic E-state index is 0.00371. The van der Waals surface area contributed by atoms with E-state index in [4.69, 9.17) is 9.88 Å². The summed E-state index contributed by atoms with van der Waals surface area (Å²) in [4.78, 5) is 15.8. The molecular weight excluding hydrogens is 422 g/mol. The van der Waals surface area contributed by atoms with Gasteiger partial charge in [0.1, 0.15) is 5.75 Å². The summed E-state index contributed by atoms with van der Waals surface area (Å²) < 4.78 is 28.2. The Morgan fingerprint density at radius 2 is 1.80 bits per heavy atom. The highest BCUT2D eigenvalue weighted by molar-refractivity contribution is 7.89. The lowest BCUT2D eigenvalue weighted by molar-refractivity contribution is -0.117. The van der Waals surface area contributed by atoms with Crippen LogP contribution in [0.5, 0.6) is 5.75 Å². The van der Waals surface area contributed by atoms with Crippen LogP contribution in [0.15, 0.2) is 70.9 Å². The van der Waals surface area contributed by atoms with E-state index in [1.54, 1.807) is 18.4 Å². The lowest BCUT2D eigenvalue weighted by Crippen LogP contribution is -2.32. The SMILES string of the molecule is COc1ccccc1CN(CC(=O)Nc1ccc(S(N)(=O)=O)cc1)Cc1cccs1. The molecule has 158 valence electrons. The van der Waals surface area contributed by atoms with Crippen LogP contribution in [0.4, 0.5) is 5.69 Å². The fourth-order valence-corrected chi connectivity index (χ4v) is 4.26. The van der Waals surface area contributed by atoms with Crippen LogP contribution in [0, 0.1) is 0 Å². The van der Waals surface area contributed by atoms with Crippen molar-refractivity contribution in [3.63, 3.8) is 0 Å². The standard InChI is InChI=1S/C21H23N3O4S2/c1-28-20-7-3-2-5-16(20)13-24(14-18-6-4-12-29-18)15-21(25)23-17-8-10-19(11-9-17)30(22,26)27/h2-12H,13-15H2,1H3,(H,23,25)(H2,22,26,27). The smallest absolute Gasteiger partial charge is 0.238 e. The second-order valence-electron chi connectivity index (χ2n) is 6.65. The molecule has 0 fully saturated rings. The van der Waals surface area contributed by atoms with Crippen LogP contribution < -0.4 is 15.2 Å². The minimum Gasteiger partial charge on any atom is -0.496 e. The molecule has 1 amide bonds. The fraction of sp³-hybridized carbons (Fsp3) is 0.190. The number of sulfonamides is 1. The second kappa shape index (κ2) is 9.86. The molecule has 0 aliphatic rings. The van der Waals surface area contributed by atoms with Crippen molar-refractivity contribution in [1.82, 2.24) is 4.90 Å². The molecule has 2 aromatic carbocycles. The van der Waals surface area contributed by atoms with Crippen molar-refractivity contribution in [3.8, 4) is 5.75 Å². The summed E-state index contributed by atoms with van der Waals surface area (Å²) in [6.45, 7) is 1.32. The highest BCUT2D eigenvalue weighted by atomic mass is 32.2. The quantitative estimate of drug-likeness (QED) is 0.527. The predicted octanol–water partition coefficient (Wildman–Crippen LogP) is 3.05. The van der Waals surface area contributed by atoms with Gasteiger partial charge in [0.15, 0.2) is 0 Å². The molecule has 1 aromatic heterocycles. The number of benzene rings is 2. The first kappa shape index (κ1) is 22.0. The largest absolute Gasteiger partial charge is 0.496 e. The summed E-state index contributed by atoms with van der Waals surface area (Å²) in [5.41, 5.74) is 1.49. The zero-order valence-corrected chi connectivity index (χ0v) is 18.1. The molecule has 7 nitrogen and oxygen atoms in total. The van der Waals surface area contributed by atoms with Crippen molar-refractivity contribution in [2.75, 3.05) is 19.0 Å². The maximum absolute atomic E-state index is 12.7. The minimum atomic E-state index is -3.77. The summed E-state index contributed by atoms with van der Waals surface area (Å²) in [6.07, 6.45) is 0. The Hall–Kier alpha value is -2.72. The number of nitrogens with one attached hydrogen (secondary N) is 1. The summed E-state index contributed by atoms with van der Waals surface area (Å²) in [5.74, 6) is 0.567. The molecule has 0 atom stereocenters. The Kier molecular flexibility index (Phi) is 7.22. The lowest BCUT2D eigenvalue weighted by Gasteiger charge is -2.22. The van der Waals surface area contributed by atoms with Gasteiger partial charge in [0.2, 0.25) is 15.9 Å². The third-order valence-electron chi connectivity index (χ3n) is 4.38. The van der Waals surface area contributed by atoms with Crippen LogP contribution >= 0.6 is 11.3 Å². The molecule has 0 saturated carbocycles. The Bertz CT molecular complexity index is 1080. The molecule has 0 radical (unpaired) electrons. The zero-order chi connectivity index (χ0) is 21.6.